The van der Waals surface area contributed by atoms with Crippen LogP contribution in [0.5, 0.6) is 11.5 Å². The van der Waals surface area contributed by atoms with Gasteiger partial charge in [0, 0.05) is 0 Å². The number of alkyl halides is 3. The van der Waals surface area contributed by atoms with E-state index in [-0.39, 0.29) is 11.5 Å². The van der Waals surface area contributed by atoms with Crippen LogP contribution in [-0.2, 0) is 0 Å². The van der Waals surface area contributed by atoms with Gasteiger partial charge in [0.1, 0.15) is 6.10 Å². The van der Waals surface area contributed by atoms with Gasteiger partial charge in [-0.05, 0) is 24.6 Å². The van der Waals surface area contributed by atoms with Crippen LogP contribution in [0.3, 0.4) is 0 Å². The Kier molecular flexibility index (Phi) is 4.56. The Morgan fingerprint density at radius 3 is 2.50 bits per heavy atom. The summed E-state index contributed by atoms with van der Waals surface area (Å²) in [5.41, 5.74) is 0.362. The Labute approximate surface area is 109 Å². The standard InChI is InChI=1S/C10H11Cl3O3/c1-2-16-8-5-6(3-4-7(8)14)9(15)10(11,12)13/h3-5,9,14-15H,2H2,1H3/t9-/m1/s1. The number of hydrogen-bond acceptors (Lipinski definition) is 3. The quantitative estimate of drug-likeness (QED) is 0.839. The van der Waals surface area contributed by atoms with E-state index in [1.165, 1.54) is 18.2 Å². The zero-order chi connectivity index (χ0) is 12.3. The molecule has 0 aromatic heterocycles. The number of aliphatic hydroxyl groups is 1. The number of phenols is 1. The molecule has 1 aromatic rings. The minimum atomic E-state index is -1.82. The van der Waals surface area contributed by atoms with Crippen molar-refractivity contribution in [1.82, 2.24) is 0 Å². The van der Waals surface area contributed by atoms with Crippen molar-refractivity contribution in [2.24, 2.45) is 0 Å². The molecule has 3 nitrogen and oxygen atoms in total. The molecule has 2 N–H and O–H groups in total. The topological polar surface area (TPSA) is 49.7 Å². The highest BCUT2D eigenvalue weighted by Gasteiger charge is 2.32. The molecule has 0 spiro atoms. The minimum Gasteiger partial charge on any atom is -0.504 e. The zero-order valence-corrected chi connectivity index (χ0v) is 10.7. The van der Waals surface area contributed by atoms with E-state index in [1.807, 2.05) is 0 Å². The van der Waals surface area contributed by atoms with Crippen molar-refractivity contribution in [1.29, 1.82) is 0 Å². The smallest absolute Gasteiger partial charge is 0.220 e. The molecule has 90 valence electrons. The summed E-state index contributed by atoms with van der Waals surface area (Å²) >= 11 is 16.7. The molecule has 0 saturated heterocycles. The average Bonchev–Trinajstić information content (AvgIpc) is 2.19. The number of rotatable bonds is 3. The van der Waals surface area contributed by atoms with Gasteiger partial charge in [-0.2, -0.15) is 0 Å². The molecule has 1 aromatic carbocycles. The van der Waals surface area contributed by atoms with Crippen LogP contribution in [0.4, 0.5) is 0 Å². The van der Waals surface area contributed by atoms with Gasteiger partial charge in [-0.1, -0.05) is 40.9 Å². The number of aliphatic hydroxyl groups excluding tert-OH is 1. The molecule has 1 atom stereocenters. The molecule has 16 heavy (non-hydrogen) atoms. The van der Waals surface area contributed by atoms with E-state index in [0.717, 1.165) is 0 Å². The van der Waals surface area contributed by atoms with E-state index < -0.39 is 9.90 Å². The fraction of sp³-hybridized carbons (Fsp3) is 0.400. The van der Waals surface area contributed by atoms with Crippen LogP contribution in [0.2, 0.25) is 0 Å². The summed E-state index contributed by atoms with van der Waals surface area (Å²) in [6, 6.07) is 4.27. The first-order valence-corrected chi connectivity index (χ1v) is 5.70. The lowest BCUT2D eigenvalue weighted by Crippen LogP contribution is -2.16. The minimum absolute atomic E-state index is 0.0258. The summed E-state index contributed by atoms with van der Waals surface area (Å²) in [7, 11) is 0. The molecule has 1 rings (SSSR count). The molecule has 0 fully saturated rings. The molecule has 0 amide bonds. The first-order chi connectivity index (χ1) is 7.36. The number of aromatic hydroxyl groups is 1. The molecule has 6 heteroatoms. The molecule has 0 unspecified atom stereocenters. The summed E-state index contributed by atoms with van der Waals surface area (Å²) in [4.78, 5) is 0. The van der Waals surface area contributed by atoms with Crippen molar-refractivity contribution >= 4 is 34.8 Å². The lowest BCUT2D eigenvalue weighted by molar-refractivity contribution is 0.181. The third-order valence-corrected chi connectivity index (χ3v) is 2.53. The molecule has 0 radical (unpaired) electrons. The second-order valence-electron chi connectivity index (χ2n) is 3.10. The lowest BCUT2D eigenvalue weighted by Gasteiger charge is -2.20. The van der Waals surface area contributed by atoms with Gasteiger partial charge >= 0.3 is 0 Å². The van der Waals surface area contributed by atoms with Crippen LogP contribution in [-0.4, -0.2) is 20.6 Å². The molecule has 0 heterocycles. The van der Waals surface area contributed by atoms with Crippen LogP contribution in [0.1, 0.15) is 18.6 Å². The first kappa shape index (κ1) is 13.7. The van der Waals surface area contributed by atoms with E-state index in [9.17, 15) is 10.2 Å². The monoisotopic (exact) mass is 284 g/mol. The van der Waals surface area contributed by atoms with E-state index in [2.05, 4.69) is 0 Å². The largest absolute Gasteiger partial charge is 0.504 e. The number of halogens is 3. The van der Waals surface area contributed by atoms with Gasteiger partial charge in [-0.25, -0.2) is 0 Å². The van der Waals surface area contributed by atoms with E-state index in [0.29, 0.717) is 12.2 Å². The maximum Gasteiger partial charge on any atom is 0.220 e. The van der Waals surface area contributed by atoms with Crippen molar-refractivity contribution < 1.29 is 14.9 Å². The number of hydrogen-bond donors (Lipinski definition) is 2. The van der Waals surface area contributed by atoms with Gasteiger partial charge < -0.3 is 14.9 Å². The molecule has 0 saturated carbocycles. The fourth-order valence-electron chi connectivity index (χ4n) is 1.16. The predicted octanol–water partition coefficient (Wildman–Crippen LogP) is 3.19. The zero-order valence-electron chi connectivity index (χ0n) is 8.45. The molecular formula is C10H11Cl3O3. The van der Waals surface area contributed by atoms with E-state index >= 15 is 0 Å². The van der Waals surface area contributed by atoms with Crippen LogP contribution < -0.4 is 4.74 Å². The molecular weight excluding hydrogens is 274 g/mol. The summed E-state index contributed by atoms with van der Waals surface area (Å²) in [6.45, 7) is 2.17. The predicted molar refractivity (Wildman–Crippen MR) is 64.5 cm³/mol. The second-order valence-corrected chi connectivity index (χ2v) is 5.47. The van der Waals surface area contributed by atoms with Crippen molar-refractivity contribution in [3.05, 3.63) is 23.8 Å². The van der Waals surface area contributed by atoms with Crippen LogP contribution in [0, 0.1) is 0 Å². The highest BCUT2D eigenvalue weighted by molar-refractivity contribution is 6.68. The maximum absolute atomic E-state index is 9.71. The number of benzene rings is 1. The summed E-state index contributed by atoms with van der Waals surface area (Å²) in [5.74, 6) is 0.218. The molecule has 0 aliphatic carbocycles. The van der Waals surface area contributed by atoms with Gasteiger partial charge in [-0.3, -0.25) is 0 Å². The van der Waals surface area contributed by atoms with Crippen molar-refractivity contribution in [2.75, 3.05) is 6.61 Å². The number of phenolic OH excluding ortho intramolecular Hbond substituents is 1. The van der Waals surface area contributed by atoms with Gasteiger partial charge in [0.15, 0.2) is 11.5 Å². The second kappa shape index (κ2) is 5.32. The fourth-order valence-corrected chi connectivity index (χ4v) is 1.54. The third kappa shape index (κ3) is 3.32. The van der Waals surface area contributed by atoms with Gasteiger partial charge in [0.2, 0.25) is 3.79 Å². The van der Waals surface area contributed by atoms with Crippen LogP contribution >= 0.6 is 34.8 Å². The third-order valence-electron chi connectivity index (χ3n) is 1.91. The molecule has 0 aliphatic heterocycles. The van der Waals surface area contributed by atoms with E-state index in [1.54, 1.807) is 6.92 Å². The molecule has 0 bridgehead atoms. The van der Waals surface area contributed by atoms with Crippen LogP contribution in [0.15, 0.2) is 18.2 Å². The lowest BCUT2D eigenvalue weighted by atomic mass is 10.1. The maximum atomic E-state index is 9.71. The molecule has 0 aliphatic rings. The average molecular weight is 286 g/mol. The van der Waals surface area contributed by atoms with Gasteiger partial charge in [-0.15, -0.1) is 0 Å². The Morgan fingerprint density at radius 1 is 1.38 bits per heavy atom. The summed E-state index contributed by atoms with van der Waals surface area (Å²) < 4.78 is 3.33. The first-order valence-electron chi connectivity index (χ1n) is 4.56. The highest BCUT2D eigenvalue weighted by Crippen LogP contribution is 2.41. The summed E-state index contributed by atoms with van der Waals surface area (Å²) in [6.07, 6.45) is -1.28. The Morgan fingerprint density at radius 2 is 2.00 bits per heavy atom. The van der Waals surface area contributed by atoms with Crippen molar-refractivity contribution in [3.63, 3.8) is 0 Å². The SMILES string of the molecule is CCOc1cc([C@@H](O)C(Cl)(Cl)Cl)ccc1O. The van der Waals surface area contributed by atoms with Crippen LogP contribution in [0.25, 0.3) is 0 Å². The summed E-state index contributed by atoms with van der Waals surface area (Å²) in [5, 5.41) is 19.2. The Balaban J connectivity index is 3.03. The number of ether oxygens (including phenoxy) is 1. The van der Waals surface area contributed by atoms with E-state index in [4.69, 9.17) is 39.5 Å². The van der Waals surface area contributed by atoms with Gasteiger partial charge in [0.05, 0.1) is 6.61 Å². The van der Waals surface area contributed by atoms with Gasteiger partial charge in [0.25, 0.3) is 0 Å². The highest BCUT2D eigenvalue weighted by atomic mass is 35.6. The van der Waals surface area contributed by atoms with Crippen molar-refractivity contribution in [3.8, 4) is 11.5 Å². The van der Waals surface area contributed by atoms with Crippen molar-refractivity contribution in [2.45, 2.75) is 16.8 Å². The Hall–Kier alpha value is -0.350. The normalized spacial score (nSPS) is 13.6. The Bertz CT molecular complexity index is 363.